The molecule has 0 rings (SSSR count). The van der Waals surface area contributed by atoms with Gasteiger partial charge >= 0.3 is 71.1 Å². The number of hydrogen-bond acceptors (Lipinski definition) is 2. The van der Waals surface area contributed by atoms with E-state index in [9.17, 15) is 9.59 Å². The Kier molecular flexibility index (Phi) is 27.8. The molecule has 7 heteroatoms. The fourth-order valence-corrected chi connectivity index (χ4v) is 0.214. The van der Waals surface area contributed by atoms with E-state index in [-0.39, 0.29) is 77.4 Å². The summed E-state index contributed by atoms with van der Waals surface area (Å²) >= 11 is 0. The molecule has 0 spiro atoms. The summed E-state index contributed by atoms with van der Waals surface area (Å²) in [5, 5.41) is 15.8. The van der Waals surface area contributed by atoms with Crippen molar-refractivity contribution in [1.29, 1.82) is 0 Å². The number of hydrogen-bond donors (Lipinski definition) is 2. The zero-order valence-corrected chi connectivity index (χ0v) is 10.5. The van der Waals surface area contributed by atoms with Gasteiger partial charge in [0.25, 0.3) is 0 Å². The summed E-state index contributed by atoms with van der Waals surface area (Å²) < 4.78 is 0. The number of carboxylic acid groups (broad SMARTS) is 2. The standard InChI is InChI=1S/C4H6O4.2Na.O/c5-3(6)1-2-4(7)8;;;/h1-2H2,(H,5,6)(H,7,8);;;/q;2*+1;-2. The molecule has 0 amide bonds. The molecular formula is C4H6Na2O5. The van der Waals surface area contributed by atoms with Gasteiger partial charge in [-0.3, -0.25) is 9.59 Å². The molecule has 0 radical (unpaired) electrons. The van der Waals surface area contributed by atoms with Crippen molar-refractivity contribution in [3.8, 4) is 0 Å². The van der Waals surface area contributed by atoms with Crippen LogP contribution in [0.3, 0.4) is 0 Å². The normalized spacial score (nSPS) is 6.18. The van der Waals surface area contributed by atoms with Crippen LogP contribution in [0.2, 0.25) is 0 Å². The minimum atomic E-state index is -1.08. The molecule has 0 aromatic heterocycles. The summed E-state index contributed by atoms with van der Waals surface area (Å²) in [6.07, 6.45) is -0.593. The number of aliphatic carboxylic acids is 2. The largest absolute Gasteiger partial charge is 2.00 e. The number of carbonyl (C=O) groups is 2. The van der Waals surface area contributed by atoms with Gasteiger partial charge in [-0.05, 0) is 0 Å². The fraction of sp³-hybridized carbons (Fsp3) is 0.500. The Balaban J connectivity index is -0.0000000817. The summed E-state index contributed by atoms with van der Waals surface area (Å²) in [6.45, 7) is 0. The quantitative estimate of drug-likeness (QED) is 0.421. The van der Waals surface area contributed by atoms with E-state index in [1.165, 1.54) is 0 Å². The zero-order chi connectivity index (χ0) is 6.57. The first-order chi connectivity index (χ1) is 3.63. The fourth-order valence-electron chi connectivity index (χ4n) is 0.214. The van der Waals surface area contributed by atoms with E-state index in [0.29, 0.717) is 0 Å². The van der Waals surface area contributed by atoms with Crippen molar-refractivity contribution in [1.82, 2.24) is 0 Å². The number of carboxylic acids is 2. The maximum atomic E-state index is 9.64. The first kappa shape index (κ1) is 22.7. The molecule has 0 atom stereocenters. The van der Waals surface area contributed by atoms with E-state index in [0.717, 1.165) is 0 Å². The van der Waals surface area contributed by atoms with E-state index >= 15 is 0 Å². The molecule has 0 unspecified atom stereocenters. The van der Waals surface area contributed by atoms with Crippen molar-refractivity contribution in [2.75, 3.05) is 0 Å². The molecule has 54 valence electrons. The van der Waals surface area contributed by atoms with Crippen LogP contribution < -0.4 is 59.1 Å². The van der Waals surface area contributed by atoms with Gasteiger partial charge in [0.05, 0.1) is 12.8 Å². The Morgan fingerprint density at radius 1 is 0.909 bits per heavy atom. The van der Waals surface area contributed by atoms with Crippen LogP contribution in [-0.4, -0.2) is 22.2 Å². The second kappa shape index (κ2) is 13.5. The molecule has 0 aliphatic rings. The van der Waals surface area contributed by atoms with Gasteiger partial charge < -0.3 is 15.7 Å². The SMILES string of the molecule is O=C(O)CCC(=O)O.[Na+].[Na+].[O-2]. The van der Waals surface area contributed by atoms with E-state index in [2.05, 4.69) is 0 Å². The van der Waals surface area contributed by atoms with Gasteiger partial charge in [-0.25, -0.2) is 0 Å². The molecule has 11 heavy (non-hydrogen) atoms. The van der Waals surface area contributed by atoms with Crippen LogP contribution in [-0.2, 0) is 15.1 Å². The molecule has 0 bridgehead atoms. The average Bonchev–Trinajstić information content (AvgIpc) is 1.61. The maximum Gasteiger partial charge on any atom is 1.00 e. The van der Waals surface area contributed by atoms with Gasteiger partial charge in [-0.2, -0.15) is 0 Å². The van der Waals surface area contributed by atoms with Gasteiger partial charge in [0.15, 0.2) is 0 Å². The predicted molar refractivity (Wildman–Crippen MR) is 25.2 cm³/mol. The topological polar surface area (TPSA) is 103 Å². The minimum absolute atomic E-state index is 0. The summed E-state index contributed by atoms with van der Waals surface area (Å²) in [5.41, 5.74) is 0. The smallest absolute Gasteiger partial charge is 1.00 e. The predicted octanol–water partition coefficient (Wildman–Crippen LogP) is -6.17. The van der Waals surface area contributed by atoms with Crippen LogP contribution in [0.4, 0.5) is 0 Å². The third-order valence-corrected chi connectivity index (χ3v) is 0.553. The molecule has 5 nitrogen and oxygen atoms in total. The van der Waals surface area contributed by atoms with Crippen molar-refractivity contribution >= 4 is 11.9 Å². The van der Waals surface area contributed by atoms with Gasteiger partial charge in [-0.1, -0.05) is 0 Å². The van der Waals surface area contributed by atoms with Gasteiger partial charge in [0.2, 0.25) is 0 Å². The monoisotopic (exact) mass is 180 g/mol. The van der Waals surface area contributed by atoms with Crippen LogP contribution in [0.5, 0.6) is 0 Å². The Morgan fingerprint density at radius 2 is 1.09 bits per heavy atom. The molecule has 0 aliphatic heterocycles. The van der Waals surface area contributed by atoms with Crippen LogP contribution >= 0.6 is 0 Å². The summed E-state index contributed by atoms with van der Waals surface area (Å²) in [6, 6.07) is 0. The molecule has 0 saturated carbocycles. The Hall–Kier alpha value is 0.900. The third-order valence-electron chi connectivity index (χ3n) is 0.553. The van der Waals surface area contributed by atoms with Crippen LogP contribution in [0.15, 0.2) is 0 Å². The van der Waals surface area contributed by atoms with Crippen molar-refractivity contribution in [2.24, 2.45) is 0 Å². The molecule has 0 aromatic carbocycles. The van der Waals surface area contributed by atoms with Crippen molar-refractivity contribution < 1.29 is 84.4 Å². The Labute approximate surface area is 108 Å². The second-order valence-corrected chi connectivity index (χ2v) is 1.29. The van der Waals surface area contributed by atoms with Gasteiger partial charge in [-0.15, -0.1) is 0 Å². The molecule has 0 saturated heterocycles. The second-order valence-electron chi connectivity index (χ2n) is 1.29. The van der Waals surface area contributed by atoms with Crippen molar-refractivity contribution in [3.05, 3.63) is 0 Å². The minimum Gasteiger partial charge on any atom is -2.00 e. The van der Waals surface area contributed by atoms with E-state index in [4.69, 9.17) is 10.2 Å². The molecule has 0 heterocycles. The molecule has 0 fully saturated rings. The summed E-state index contributed by atoms with van der Waals surface area (Å²) in [7, 11) is 0. The van der Waals surface area contributed by atoms with Gasteiger partial charge in [0, 0.05) is 0 Å². The maximum absolute atomic E-state index is 9.64. The van der Waals surface area contributed by atoms with E-state index < -0.39 is 11.9 Å². The molecule has 0 aromatic rings. The Bertz CT molecular complexity index is 101. The first-order valence-corrected chi connectivity index (χ1v) is 2.06. The molecule has 2 N–H and O–H groups in total. The summed E-state index contributed by atoms with van der Waals surface area (Å²) in [5.74, 6) is -2.15. The molecule has 0 aliphatic carbocycles. The van der Waals surface area contributed by atoms with E-state index in [1.54, 1.807) is 0 Å². The third kappa shape index (κ3) is 24.8. The van der Waals surface area contributed by atoms with Crippen molar-refractivity contribution in [2.45, 2.75) is 12.8 Å². The van der Waals surface area contributed by atoms with Crippen LogP contribution in [0, 0.1) is 0 Å². The zero-order valence-electron chi connectivity index (χ0n) is 6.53. The van der Waals surface area contributed by atoms with E-state index in [1.807, 2.05) is 0 Å². The molecular weight excluding hydrogens is 174 g/mol. The Morgan fingerprint density at radius 3 is 1.18 bits per heavy atom. The summed E-state index contributed by atoms with van der Waals surface area (Å²) in [4.78, 5) is 19.3. The first-order valence-electron chi connectivity index (χ1n) is 2.06. The van der Waals surface area contributed by atoms with Crippen molar-refractivity contribution in [3.63, 3.8) is 0 Å². The number of rotatable bonds is 3. The van der Waals surface area contributed by atoms with Crippen LogP contribution in [0.1, 0.15) is 12.8 Å². The average molecular weight is 180 g/mol. The van der Waals surface area contributed by atoms with Gasteiger partial charge in [0.1, 0.15) is 0 Å². The van der Waals surface area contributed by atoms with Crippen LogP contribution in [0.25, 0.3) is 0 Å².